The molecular weight excluding hydrogens is 510 g/mol. The molecule has 1 aliphatic heterocycles. The molecule has 2 aromatic carbocycles. The normalized spacial score (nSPS) is 14.0. The van der Waals surface area contributed by atoms with Crippen molar-refractivity contribution in [3.05, 3.63) is 82.0 Å². The Hall–Kier alpha value is -4.32. The first-order chi connectivity index (χ1) is 18.8. The predicted molar refractivity (Wildman–Crippen MR) is 156 cm³/mol. The van der Waals surface area contributed by atoms with Gasteiger partial charge in [0.05, 0.1) is 28.2 Å². The minimum atomic E-state index is -0.615. The lowest BCUT2D eigenvalue weighted by Gasteiger charge is -2.30. The molecule has 2 aromatic heterocycles. The molecule has 0 saturated carbocycles. The molecule has 9 heteroatoms. The van der Waals surface area contributed by atoms with Gasteiger partial charge in [-0.1, -0.05) is 35.6 Å². The van der Waals surface area contributed by atoms with E-state index in [4.69, 9.17) is 23.1 Å². The number of primary amides is 1. The predicted octanol–water partition coefficient (Wildman–Crippen LogP) is 4.69. The number of piperidine rings is 1. The Bertz CT molecular complexity index is 1590. The molecule has 1 saturated heterocycles. The lowest BCUT2D eigenvalue weighted by molar-refractivity contribution is 0.100. The number of amides is 1. The largest absolute Gasteiger partial charge is 0.382 e. The van der Waals surface area contributed by atoms with Crippen LogP contribution >= 0.6 is 11.6 Å². The second-order valence-corrected chi connectivity index (χ2v) is 10.2. The van der Waals surface area contributed by atoms with Gasteiger partial charge in [-0.25, -0.2) is 9.97 Å². The molecule has 4 aromatic rings. The molecule has 8 nitrogen and oxygen atoms in total. The fraction of sp³-hybridized carbons (Fsp3) is 0.233. The van der Waals surface area contributed by atoms with Crippen molar-refractivity contribution >= 4 is 29.1 Å². The molecule has 0 aliphatic carbocycles. The van der Waals surface area contributed by atoms with Crippen LogP contribution in [-0.2, 0) is 0 Å². The van der Waals surface area contributed by atoms with Gasteiger partial charge in [-0.15, -0.1) is 0 Å². The van der Waals surface area contributed by atoms with Crippen molar-refractivity contribution in [1.82, 2.24) is 19.9 Å². The summed E-state index contributed by atoms with van der Waals surface area (Å²) in [5, 5.41) is 4.17. The van der Waals surface area contributed by atoms with Gasteiger partial charge >= 0.3 is 0 Å². The number of aromatic amines is 1. The van der Waals surface area contributed by atoms with Crippen LogP contribution in [0.25, 0.3) is 22.6 Å². The summed E-state index contributed by atoms with van der Waals surface area (Å²) in [5.41, 5.74) is 17.6. The standard InChI is InChI=1S/C30H30ClN7O/c1-18-6-8-20(31)17-24(18)28-26(29(32)39)23(27(37-28)25-10-13-34-30(33)36-25)9-7-19-4-3-5-22(16-19)35-21-11-14-38(2)15-12-21/h3-6,8,10,13,16-17,21,35,37H,11-12,14-15H2,1-2H3,(H2,32,39)(H2,33,34,36). The van der Waals surface area contributed by atoms with Crippen LogP contribution in [0.15, 0.2) is 54.7 Å². The molecule has 0 spiro atoms. The number of H-pyrrole nitrogens is 1. The summed E-state index contributed by atoms with van der Waals surface area (Å²) in [6.07, 6.45) is 3.74. The summed E-state index contributed by atoms with van der Waals surface area (Å²) in [6.45, 7) is 4.09. The van der Waals surface area contributed by atoms with E-state index < -0.39 is 5.91 Å². The Balaban J connectivity index is 1.59. The topological polar surface area (TPSA) is 126 Å². The Morgan fingerprint density at radius 1 is 1.13 bits per heavy atom. The number of carbonyl (C=O) groups is 1. The van der Waals surface area contributed by atoms with Gasteiger partial charge in [0.25, 0.3) is 5.91 Å². The van der Waals surface area contributed by atoms with Gasteiger partial charge in [0, 0.05) is 34.1 Å². The second-order valence-electron chi connectivity index (χ2n) is 9.80. The number of nitrogens with zero attached hydrogens (tertiary/aromatic N) is 3. The van der Waals surface area contributed by atoms with Crippen LogP contribution in [0.4, 0.5) is 11.6 Å². The third kappa shape index (κ3) is 5.90. The number of nitrogens with two attached hydrogens (primary N) is 2. The molecule has 3 heterocycles. The number of carbonyl (C=O) groups excluding carboxylic acids is 1. The fourth-order valence-electron chi connectivity index (χ4n) is 4.85. The van der Waals surface area contributed by atoms with Crippen LogP contribution < -0.4 is 16.8 Å². The summed E-state index contributed by atoms with van der Waals surface area (Å²) >= 11 is 6.31. The number of rotatable bonds is 5. The van der Waals surface area contributed by atoms with Gasteiger partial charge in [-0.05, 0) is 81.9 Å². The lowest BCUT2D eigenvalue weighted by atomic mass is 9.99. The Kier molecular flexibility index (Phi) is 7.55. The summed E-state index contributed by atoms with van der Waals surface area (Å²) in [6, 6.07) is 15.6. The quantitative estimate of drug-likeness (QED) is 0.273. The number of nitrogen functional groups attached to an aromatic ring is 1. The van der Waals surface area contributed by atoms with E-state index in [0.717, 1.165) is 48.3 Å². The van der Waals surface area contributed by atoms with Crippen LogP contribution in [-0.4, -0.2) is 51.9 Å². The molecule has 39 heavy (non-hydrogen) atoms. The van der Waals surface area contributed by atoms with Gasteiger partial charge in [0.15, 0.2) is 0 Å². The van der Waals surface area contributed by atoms with E-state index in [0.29, 0.717) is 33.7 Å². The van der Waals surface area contributed by atoms with Gasteiger partial charge in [-0.3, -0.25) is 4.79 Å². The summed E-state index contributed by atoms with van der Waals surface area (Å²) in [7, 11) is 2.15. The highest BCUT2D eigenvalue weighted by atomic mass is 35.5. The van der Waals surface area contributed by atoms with Gasteiger partial charge in [0.1, 0.15) is 0 Å². The van der Waals surface area contributed by atoms with Crippen molar-refractivity contribution in [3.8, 4) is 34.5 Å². The third-order valence-electron chi connectivity index (χ3n) is 6.93. The number of nitrogens with one attached hydrogen (secondary N) is 2. The molecule has 1 aliphatic rings. The second kappa shape index (κ2) is 11.2. The molecule has 0 bridgehead atoms. The maximum atomic E-state index is 12.9. The highest BCUT2D eigenvalue weighted by Crippen LogP contribution is 2.35. The van der Waals surface area contributed by atoms with Crippen molar-refractivity contribution in [2.24, 2.45) is 5.73 Å². The molecule has 1 fully saturated rings. The first-order valence-electron chi connectivity index (χ1n) is 12.8. The Morgan fingerprint density at radius 2 is 1.92 bits per heavy atom. The van der Waals surface area contributed by atoms with Crippen LogP contribution in [0.1, 0.15) is 39.9 Å². The van der Waals surface area contributed by atoms with Crippen molar-refractivity contribution in [3.63, 3.8) is 0 Å². The number of benzene rings is 2. The van der Waals surface area contributed by atoms with Crippen LogP contribution in [0, 0.1) is 18.8 Å². The summed E-state index contributed by atoms with van der Waals surface area (Å²) < 4.78 is 0. The van der Waals surface area contributed by atoms with E-state index in [1.54, 1.807) is 24.4 Å². The molecule has 6 N–H and O–H groups in total. The Labute approximate surface area is 232 Å². The number of aromatic nitrogens is 3. The Morgan fingerprint density at radius 3 is 2.67 bits per heavy atom. The minimum Gasteiger partial charge on any atom is -0.382 e. The molecule has 0 radical (unpaired) electrons. The smallest absolute Gasteiger partial charge is 0.252 e. The number of likely N-dealkylation sites (tertiary alicyclic amines) is 1. The molecule has 0 atom stereocenters. The first-order valence-corrected chi connectivity index (χ1v) is 13.1. The lowest BCUT2D eigenvalue weighted by Crippen LogP contribution is -2.36. The highest BCUT2D eigenvalue weighted by Gasteiger charge is 2.24. The highest BCUT2D eigenvalue weighted by molar-refractivity contribution is 6.31. The monoisotopic (exact) mass is 539 g/mol. The number of hydrogen-bond acceptors (Lipinski definition) is 6. The summed E-state index contributed by atoms with van der Waals surface area (Å²) in [5.74, 6) is 5.93. The average molecular weight is 540 g/mol. The van der Waals surface area contributed by atoms with E-state index in [2.05, 4.69) is 44.1 Å². The average Bonchev–Trinajstić information content (AvgIpc) is 3.30. The SMILES string of the molecule is Cc1ccc(Cl)cc1-c1[nH]c(-c2ccnc(N)n2)c(C#Cc2cccc(NC3CCN(C)CC3)c2)c1C(N)=O. The fourth-order valence-corrected chi connectivity index (χ4v) is 5.02. The van der Waals surface area contributed by atoms with E-state index in [1.165, 1.54) is 0 Å². The van der Waals surface area contributed by atoms with E-state index in [1.807, 2.05) is 37.3 Å². The van der Waals surface area contributed by atoms with Crippen molar-refractivity contribution in [2.75, 3.05) is 31.2 Å². The zero-order valence-corrected chi connectivity index (χ0v) is 22.6. The first kappa shape index (κ1) is 26.3. The third-order valence-corrected chi connectivity index (χ3v) is 7.16. The molecule has 198 valence electrons. The van der Waals surface area contributed by atoms with Crippen LogP contribution in [0.2, 0.25) is 5.02 Å². The zero-order chi connectivity index (χ0) is 27.5. The van der Waals surface area contributed by atoms with E-state index in [-0.39, 0.29) is 11.5 Å². The van der Waals surface area contributed by atoms with E-state index >= 15 is 0 Å². The molecule has 5 rings (SSSR count). The van der Waals surface area contributed by atoms with Crippen molar-refractivity contribution < 1.29 is 4.79 Å². The van der Waals surface area contributed by atoms with Crippen molar-refractivity contribution in [1.29, 1.82) is 0 Å². The molecular formula is C30H30ClN7O. The van der Waals surface area contributed by atoms with Gasteiger partial charge in [0.2, 0.25) is 5.95 Å². The summed E-state index contributed by atoms with van der Waals surface area (Å²) in [4.78, 5) is 26.9. The number of halogens is 1. The van der Waals surface area contributed by atoms with Gasteiger partial charge < -0.3 is 26.7 Å². The maximum absolute atomic E-state index is 12.9. The number of aryl methyl sites for hydroxylation is 1. The minimum absolute atomic E-state index is 0.106. The van der Waals surface area contributed by atoms with Crippen LogP contribution in [0.3, 0.4) is 0 Å². The number of anilines is 2. The number of hydrogen-bond donors (Lipinski definition) is 4. The van der Waals surface area contributed by atoms with E-state index in [9.17, 15) is 4.79 Å². The van der Waals surface area contributed by atoms with Crippen molar-refractivity contribution in [2.45, 2.75) is 25.8 Å². The maximum Gasteiger partial charge on any atom is 0.252 e. The van der Waals surface area contributed by atoms with Crippen LogP contribution in [0.5, 0.6) is 0 Å². The zero-order valence-electron chi connectivity index (χ0n) is 21.9. The molecule has 1 amide bonds. The molecule has 0 unspecified atom stereocenters. The van der Waals surface area contributed by atoms with Gasteiger partial charge in [-0.2, -0.15) is 0 Å².